The zero-order valence-corrected chi connectivity index (χ0v) is 19.1. The number of hydrogen-bond acceptors (Lipinski definition) is 6. The van der Waals surface area contributed by atoms with Crippen molar-refractivity contribution in [2.24, 2.45) is 0 Å². The number of benzene rings is 1. The number of aryl methyl sites for hydroxylation is 1. The summed E-state index contributed by atoms with van der Waals surface area (Å²) in [6, 6.07) is 5.45. The molecule has 2 aromatic rings. The van der Waals surface area contributed by atoms with Crippen molar-refractivity contribution in [2.45, 2.75) is 45.7 Å². The molecule has 1 aromatic heterocycles. The first-order chi connectivity index (χ1) is 14.8. The van der Waals surface area contributed by atoms with Crippen LogP contribution in [0.2, 0.25) is 0 Å². The number of nitrogens with zero attached hydrogens (tertiary/aromatic N) is 5. The lowest BCUT2D eigenvalue weighted by Gasteiger charge is -2.33. The van der Waals surface area contributed by atoms with Gasteiger partial charge in [-0.2, -0.15) is 0 Å². The van der Waals surface area contributed by atoms with Crippen LogP contribution in [0, 0.1) is 6.92 Å². The van der Waals surface area contributed by atoms with Gasteiger partial charge in [0.1, 0.15) is 11.6 Å². The summed E-state index contributed by atoms with van der Waals surface area (Å²) < 4.78 is 33.5. The third-order valence-electron chi connectivity index (χ3n) is 6.24. The van der Waals surface area contributed by atoms with Gasteiger partial charge in [-0.1, -0.05) is 0 Å². The molecule has 4 rings (SSSR count). The third kappa shape index (κ3) is 4.18. The van der Waals surface area contributed by atoms with Gasteiger partial charge in [-0.3, -0.25) is 4.79 Å². The number of carbonyl (C=O) groups is 1. The van der Waals surface area contributed by atoms with Gasteiger partial charge in [-0.15, -0.1) is 10.2 Å². The van der Waals surface area contributed by atoms with Crippen LogP contribution in [0.1, 0.15) is 53.3 Å². The first-order valence-corrected chi connectivity index (χ1v) is 12.3. The maximum Gasteiger partial charge on any atom is 0.254 e. The van der Waals surface area contributed by atoms with Crippen LogP contribution in [0.5, 0.6) is 5.75 Å². The second kappa shape index (κ2) is 8.58. The molecule has 0 bridgehead atoms. The maximum atomic E-state index is 13.1. The molecule has 2 aliphatic rings. The summed E-state index contributed by atoms with van der Waals surface area (Å²) in [7, 11) is -1.61. The van der Waals surface area contributed by atoms with Crippen molar-refractivity contribution in [3.05, 3.63) is 41.0 Å². The number of sulfonamides is 1. The maximum absolute atomic E-state index is 13.1. The lowest BCUT2D eigenvalue weighted by molar-refractivity contribution is 0.0704. The first kappa shape index (κ1) is 21.8. The van der Waals surface area contributed by atoms with E-state index in [0.717, 1.165) is 35.8 Å². The van der Waals surface area contributed by atoms with E-state index in [4.69, 9.17) is 4.74 Å². The molecule has 0 aliphatic carbocycles. The van der Waals surface area contributed by atoms with E-state index in [0.29, 0.717) is 38.3 Å². The Kier molecular flexibility index (Phi) is 6.02. The molecule has 168 valence electrons. The molecule has 0 saturated carbocycles. The monoisotopic (exact) mass is 447 g/mol. The van der Waals surface area contributed by atoms with Gasteiger partial charge in [0.15, 0.2) is 5.82 Å². The fourth-order valence-electron chi connectivity index (χ4n) is 4.42. The summed E-state index contributed by atoms with van der Waals surface area (Å²) in [5, 5.41) is 8.75. The SMILES string of the molecule is CCS(=O)(=O)N1CCC[C@H](c2nnc3n2CCN(C(=O)c2ccc(OC)cc2C)C3)C1. The number of ether oxygens (including phenoxy) is 1. The van der Waals surface area contributed by atoms with Crippen molar-refractivity contribution in [3.8, 4) is 5.75 Å². The summed E-state index contributed by atoms with van der Waals surface area (Å²) in [5.41, 5.74) is 1.53. The van der Waals surface area contributed by atoms with Crippen LogP contribution in [-0.2, 0) is 23.1 Å². The van der Waals surface area contributed by atoms with E-state index in [9.17, 15) is 13.2 Å². The largest absolute Gasteiger partial charge is 0.497 e. The summed E-state index contributed by atoms with van der Waals surface area (Å²) in [6.07, 6.45) is 1.70. The number of carbonyl (C=O) groups excluding carboxylic acids is 1. The number of amides is 1. The molecule has 9 nitrogen and oxygen atoms in total. The normalized spacial score (nSPS) is 19.8. The molecule has 31 heavy (non-hydrogen) atoms. The summed E-state index contributed by atoms with van der Waals surface area (Å²) in [6.45, 7) is 6.15. The molecule has 1 aromatic carbocycles. The number of rotatable bonds is 5. The van der Waals surface area contributed by atoms with Crippen molar-refractivity contribution in [1.82, 2.24) is 24.0 Å². The van der Waals surface area contributed by atoms with Gasteiger partial charge in [0.2, 0.25) is 10.0 Å². The topological polar surface area (TPSA) is 97.6 Å². The van der Waals surface area contributed by atoms with E-state index in [-0.39, 0.29) is 17.6 Å². The van der Waals surface area contributed by atoms with Crippen LogP contribution in [0.15, 0.2) is 18.2 Å². The van der Waals surface area contributed by atoms with Gasteiger partial charge in [-0.05, 0) is 50.5 Å². The fourth-order valence-corrected chi connectivity index (χ4v) is 5.60. The van der Waals surface area contributed by atoms with E-state index in [1.165, 1.54) is 0 Å². The Morgan fingerprint density at radius 1 is 1.23 bits per heavy atom. The van der Waals surface area contributed by atoms with Crippen molar-refractivity contribution < 1.29 is 17.9 Å². The average Bonchev–Trinajstić information content (AvgIpc) is 3.22. The molecule has 3 heterocycles. The van der Waals surface area contributed by atoms with E-state index in [1.807, 2.05) is 13.0 Å². The van der Waals surface area contributed by atoms with Crippen LogP contribution in [0.3, 0.4) is 0 Å². The van der Waals surface area contributed by atoms with Crippen LogP contribution >= 0.6 is 0 Å². The molecule has 1 atom stereocenters. The Hall–Kier alpha value is -2.46. The molecule has 1 fully saturated rings. The lowest BCUT2D eigenvalue weighted by atomic mass is 9.98. The van der Waals surface area contributed by atoms with Crippen molar-refractivity contribution >= 4 is 15.9 Å². The molecule has 10 heteroatoms. The fraction of sp³-hybridized carbons (Fsp3) is 0.571. The van der Waals surface area contributed by atoms with Crippen LogP contribution in [-0.4, -0.2) is 70.8 Å². The predicted octanol–water partition coefficient (Wildman–Crippen LogP) is 1.78. The van der Waals surface area contributed by atoms with Crippen molar-refractivity contribution in [2.75, 3.05) is 32.5 Å². The van der Waals surface area contributed by atoms with Crippen LogP contribution in [0.4, 0.5) is 0 Å². The van der Waals surface area contributed by atoms with E-state index < -0.39 is 10.0 Å². The van der Waals surface area contributed by atoms with Crippen LogP contribution < -0.4 is 4.74 Å². The van der Waals surface area contributed by atoms with Gasteiger partial charge in [0.25, 0.3) is 5.91 Å². The number of hydrogen-bond donors (Lipinski definition) is 0. The van der Waals surface area contributed by atoms with Crippen molar-refractivity contribution in [3.63, 3.8) is 0 Å². The molecule has 0 N–H and O–H groups in total. The molecule has 0 unspecified atom stereocenters. The van der Waals surface area contributed by atoms with Gasteiger partial charge >= 0.3 is 0 Å². The number of piperidine rings is 1. The molecule has 1 amide bonds. The Labute approximate surface area is 183 Å². The summed E-state index contributed by atoms with van der Waals surface area (Å²) in [5.74, 6) is 2.41. The summed E-state index contributed by atoms with van der Waals surface area (Å²) in [4.78, 5) is 14.9. The van der Waals surface area contributed by atoms with E-state index >= 15 is 0 Å². The quantitative estimate of drug-likeness (QED) is 0.693. The minimum atomic E-state index is -3.21. The van der Waals surface area contributed by atoms with Gasteiger partial charge in [-0.25, -0.2) is 12.7 Å². The second-order valence-corrected chi connectivity index (χ2v) is 10.4. The molecule has 0 radical (unpaired) electrons. The Bertz CT molecular complexity index is 1080. The zero-order chi connectivity index (χ0) is 22.2. The predicted molar refractivity (Wildman–Crippen MR) is 116 cm³/mol. The molecular weight excluding hydrogens is 418 g/mol. The van der Waals surface area contributed by atoms with Crippen LogP contribution in [0.25, 0.3) is 0 Å². The molecule has 1 saturated heterocycles. The average molecular weight is 448 g/mol. The van der Waals surface area contributed by atoms with E-state index in [1.54, 1.807) is 35.4 Å². The zero-order valence-electron chi connectivity index (χ0n) is 18.2. The summed E-state index contributed by atoms with van der Waals surface area (Å²) >= 11 is 0. The first-order valence-electron chi connectivity index (χ1n) is 10.7. The highest BCUT2D eigenvalue weighted by atomic mass is 32.2. The highest BCUT2D eigenvalue weighted by Crippen LogP contribution is 2.29. The Morgan fingerprint density at radius 2 is 2.03 bits per heavy atom. The Morgan fingerprint density at radius 3 is 2.74 bits per heavy atom. The number of fused-ring (bicyclic) bond motifs is 1. The van der Waals surface area contributed by atoms with Gasteiger partial charge in [0, 0.05) is 37.7 Å². The van der Waals surface area contributed by atoms with Gasteiger partial charge in [0.05, 0.1) is 19.4 Å². The van der Waals surface area contributed by atoms with Gasteiger partial charge < -0.3 is 14.2 Å². The Balaban J connectivity index is 1.50. The number of methoxy groups -OCH3 is 1. The van der Waals surface area contributed by atoms with E-state index in [2.05, 4.69) is 14.8 Å². The third-order valence-corrected chi connectivity index (χ3v) is 8.09. The lowest BCUT2D eigenvalue weighted by Crippen LogP contribution is -2.42. The minimum Gasteiger partial charge on any atom is -0.497 e. The number of aromatic nitrogens is 3. The minimum absolute atomic E-state index is 0.0300. The molecular formula is C21H29N5O4S. The smallest absolute Gasteiger partial charge is 0.254 e. The highest BCUT2D eigenvalue weighted by Gasteiger charge is 2.33. The van der Waals surface area contributed by atoms with Crippen molar-refractivity contribution in [1.29, 1.82) is 0 Å². The standard InChI is InChI=1S/C21H29N5O4S/c1-4-31(28,29)25-9-5-6-16(13-25)20-23-22-19-14-24(10-11-26(19)20)21(27)18-8-7-17(30-3)12-15(18)2/h7-8,12,16H,4-6,9-11,13-14H2,1-3H3/t16-/m0/s1. The molecule has 0 spiro atoms. The molecule has 2 aliphatic heterocycles. The second-order valence-electron chi connectivity index (χ2n) is 8.13. The highest BCUT2D eigenvalue weighted by molar-refractivity contribution is 7.89.